The van der Waals surface area contributed by atoms with Crippen LogP contribution in [-0.2, 0) is 14.4 Å². The largest absolute Gasteiger partial charge is 0.395 e. The summed E-state index contributed by atoms with van der Waals surface area (Å²) in [5, 5.41) is 3.93. The molecule has 1 saturated heterocycles. The number of oxime groups is 1. The van der Waals surface area contributed by atoms with E-state index >= 15 is 0 Å². The number of carbonyl (C=O) groups excluding carboxylic acids is 1. The van der Waals surface area contributed by atoms with E-state index in [2.05, 4.69) is 5.16 Å². The second-order valence-electron chi connectivity index (χ2n) is 4.33. The van der Waals surface area contributed by atoms with Gasteiger partial charge in [-0.2, -0.15) is 0 Å². The third-order valence-corrected chi connectivity index (χ3v) is 2.88. The van der Waals surface area contributed by atoms with Crippen molar-refractivity contribution in [3.05, 3.63) is 0 Å². The highest BCUT2D eigenvalue weighted by atomic mass is 16.6. The van der Waals surface area contributed by atoms with Crippen molar-refractivity contribution in [2.24, 2.45) is 17.0 Å². The van der Waals surface area contributed by atoms with E-state index < -0.39 is 5.60 Å². The lowest BCUT2D eigenvalue weighted by Gasteiger charge is -2.23. The molecule has 0 bridgehead atoms. The summed E-state index contributed by atoms with van der Waals surface area (Å²) in [6, 6.07) is 0. The molecule has 2 heterocycles. The topological polar surface area (TPSA) is 47.9 Å². The van der Waals surface area contributed by atoms with Crippen molar-refractivity contribution in [2.45, 2.75) is 26.4 Å². The first-order chi connectivity index (χ1) is 6.55. The van der Waals surface area contributed by atoms with Crippen molar-refractivity contribution in [3.63, 3.8) is 0 Å². The average Bonchev–Trinajstić information content (AvgIpc) is 2.69. The third-order valence-electron chi connectivity index (χ3n) is 2.88. The highest BCUT2D eigenvalue weighted by Gasteiger charge is 2.51. The third kappa shape index (κ3) is 1.17. The Balaban J connectivity index is 2.28. The molecule has 2 rings (SSSR count). The summed E-state index contributed by atoms with van der Waals surface area (Å²) in [6.45, 7) is 6.65. The molecule has 2 aliphatic heterocycles. The Labute approximate surface area is 83.3 Å². The SMILES string of the molecule is CC(C)C(=O)[C@@]1(C)OC[C@H]2CON=C21. The van der Waals surface area contributed by atoms with Gasteiger partial charge in [-0.3, -0.25) is 4.79 Å². The van der Waals surface area contributed by atoms with Gasteiger partial charge in [0.15, 0.2) is 11.4 Å². The van der Waals surface area contributed by atoms with Crippen LogP contribution in [-0.4, -0.2) is 30.3 Å². The van der Waals surface area contributed by atoms with E-state index in [9.17, 15) is 4.79 Å². The lowest BCUT2D eigenvalue weighted by molar-refractivity contribution is -0.136. The quantitative estimate of drug-likeness (QED) is 0.663. The Kier molecular flexibility index (Phi) is 2.10. The van der Waals surface area contributed by atoms with Gasteiger partial charge in [-0.05, 0) is 6.92 Å². The summed E-state index contributed by atoms with van der Waals surface area (Å²) in [6.07, 6.45) is 0. The fourth-order valence-electron chi connectivity index (χ4n) is 2.04. The Morgan fingerprint density at radius 2 is 2.29 bits per heavy atom. The van der Waals surface area contributed by atoms with Crippen LogP contribution in [0.5, 0.6) is 0 Å². The fourth-order valence-corrected chi connectivity index (χ4v) is 2.04. The van der Waals surface area contributed by atoms with Gasteiger partial charge in [0.05, 0.1) is 12.5 Å². The molecule has 4 heteroatoms. The average molecular weight is 197 g/mol. The van der Waals surface area contributed by atoms with E-state index in [-0.39, 0.29) is 17.6 Å². The van der Waals surface area contributed by atoms with Crippen molar-refractivity contribution in [1.82, 2.24) is 0 Å². The molecule has 0 aromatic rings. The second-order valence-corrected chi connectivity index (χ2v) is 4.33. The van der Waals surface area contributed by atoms with Crippen LogP contribution in [0.3, 0.4) is 0 Å². The molecule has 1 fully saturated rings. The standard InChI is InChI=1S/C10H15NO3/c1-6(2)9(12)10(3)8-7(4-13-10)5-14-11-8/h6-7H,4-5H2,1-3H3/t7-,10-/m0/s1. The number of ketones is 1. The minimum absolute atomic E-state index is 0.0398. The smallest absolute Gasteiger partial charge is 0.172 e. The number of hydrogen-bond donors (Lipinski definition) is 0. The minimum atomic E-state index is -0.838. The summed E-state index contributed by atoms with van der Waals surface area (Å²) in [5.41, 5.74) is -0.0637. The van der Waals surface area contributed by atoms with Crippen LogP contribution in [0.4, 0.5) is 0 Å². The maximum absolute atomic E-state index is 11.9. The molecule has 0 amide bonds. The Bertz CT molecular complexity index is 298. The molecule has 4 nitrogen and oxygen atoms in total. The van der Waals surface area contributed by atoms with Crippen LogP contribution in [0.25, 0.3) is 0 Å². The van der Waals surface area contributed by atoms with Gasteiger partial charge >= 0.3 is 0 Å². The van der Waals surface area contributed by atoms with Gasteiger partial charge in [-0.1, -0.05) is 19.0 Å². The Morgan fingerprint density at radius 3 is 2.93 bits per heavy atom. The van der Waals surface area contributed by atoms with Gasteiger partial charge in [-0.15, -0.1) is 0 Å². The van der Waals surface area contributed by atoms with Gasteiger partial charge in [0.2, 0.25) is 0 Å². The summed E-state index contributed by atoms with van der Waals surface area (Å²) < 4.78 is 5.57. The first-order valence-corrected chi connectivity index (χ1v) is 4.94. The molecule has 14 heavy (non-hydrogen) atoms. The van der Waals surface area contributed by atoms with Gasteiger partial charge in [0, 0.05) is 5.92 Å². The fraction of sp³-hybridized carbons (Fsp3) is 0.800. The summed E-state index contributed by atoms with van der Waals surface area (Å²) >= 11 is 0. The Morgan fingerprint density at radius 1 is 1.57 bits per heavy atom. The number of nitrogens with zero attached hydrogens (tertiary/aromatic N) is 1. The maximum Gasteiger partial charge on any atom is 0.172 e. The van der Waals surface area contributed by atoms with E-state index in [0.29, 0.717) is 13.2 Å². The summed E-state index contributed by atoms with van der Waals surface area (Å²) in [4.78, 5) is 16.9. The molecule has 0 unspecified atom stereocenters. The lowest BCUT2D eigenvalue weighted by atomic mass is 9.85. The molecule has 0 spiro atoms. The first-order valence-electron chi connectivity index (χ1n) is 4.94. The molecule has 2 atom stereocenters. The molecule has 78 valence electrons. The van der Waals surface area contributed by atoms with Gasteiger partial charge in [0.25, 0.3) is 0 Å². The minimum Gasteiger partial charge on any atom is -0.395 e. The highest BCUT2D eigenvalue weighted by Crippen LogP contribution is 2.33. The van der Waals surface area contributed by atoms with Gasteiger partial charge in [-0.25, -0.2) is 0 Å². The number of carbonyl (C=O) groups is 1. The van der Waals surface area contributed by atoms with Crippen molar-refractivity contribution in [2.75, 3.05) is 13.2 Å². The van der Waals surface area contributed by atoms with Crippen LogP contribution in [0.2, 0.25) is 0 Å². The van der Waals surface area contributed by atoms with Crippen LogP contribution in [0, 0.1) is 11.8 Å². The molecule has 0 radical (unpaired) electrons. The molecule has 0 N–H and O–H groups in total. The van der Waals surface area contributed by atoms with Crippen LogP contribution < -0.4 is 0 Å². The van der Waals surface area contributed by atoms with Crippen molar-refractivity contribution in [1.29, 1.82) is 0 Å². The van der Waals surface area contributed by atoms with Crippen LogP contribution in [0.1, 0.15) is 20.8 Å². The zero-order valence-corrected chi connectivity index (χ0v) is 8.74. The van der Waals surface area contributed by atoms with Crippen molar-refractivity contribution < 1.29 is 14.4 Å². The highest BCUT2D eigenvalue weighted by molar-refractivity contribution is 6.15. The van der Waals surface area contributed by atoms with Crippen LogP contribution >= 0.6 is 0 Å². The second kappa shape index (κ2) is 3.05. The predicted octanol–water partition coefficient (Wildman–Crippen LogP) is 1.00. The maximum atomic E-state index is 11.9. The van der Waals surface area contributed by atoms with Crippen LogP contribution in [0.15, 0.2) is 5.16 Å². The first kappa shape index (κ1) is 9.65. The molecular formula is C10H15NO3. The molecule has 0 saturated carbocycles. The molecule has 0 aromatic carbocycles. The number of Topliss-reactive ketones (excluding diaryl/α,β-unsaturated/α-hetero) is 1. The monoisotopic (exact) mass is 197 g/mol. The molecule has 0 aromatic heterocycles. The van der Waals surface area contributed by atoms with Gasteiger partial charge < -0.3 is 9.57 Å². The lowest BCUT2D eigenvalue weighted by Crippen LogP contribution is -2.44. The zero-order valence-electron chi connectivity index (χ0n) is 8.74. The normalized spacial score (nSPS) is 35.4. The van der Waals surface area contributed by atoms with E-state index in [1.807, 2.05) is 13.8 Å². The van der Waals surface area contributed by atoms with Crippen molar-refractivity contribution >= 4 is 11.5 Å². The number of hydrogen-bond acceptors (Lipinski definition) is 4. The molecular weight excluding hydrogens is 182 g/mol. The van der Waals surface area contributed by atoms with Crippen molar-refractivity contribution in [3.8, 4) is 0 Å². The molecule has 2 aliphatic rings. The molecule has 0 aliphatic carbocycles. The zero-order chi connectivity index (χ0) is 10.3. The van der Waals surface area contributed by atoms with E-state index in [0.717, 1.165) is 5.71 Å². The predicted molar refractivity (Wildman–Crippen MR) is 51.1 cm³/mol. The summed E-state index contributed by atoms with van der Waals surface area (Å²) in [7, 11) is 0. The number of rotatable bonds is 2. The number of ether oxygens (including phenoxy) is 1. The number of fused-ring (bicyclic) bond motifs is 1. The summed E-state index contributed by atoms with van der Waals surface area (Å²) in [5.74, 6) is 0.231. The Hall–Kier alpha value is -0.900. The van der Waals surface area contributed by atoms with E-state index in [4.69, 9.17) is 9.57 Å². The van der Waals surface area contributed by atoms with Gasteiger partial charge in [0.1, 0.15) is 12.3 Å². The van der Waals surface area contributed by atoms with E-state index in [1.54, 1.807) is 6.92 Å². The van der Waals surface area contributed by atoms with E-state index in [1.165, 1.54) is 0 Å².